The Morgan fingerprint density at radius 3 is 2.24 bits per heavy atom. The first-order chi connectivity index (χ1) is 14.1. The lowest BCUT2D eigenvalue weighted by Gasteiger charge is -2.12. The fourth-order valence-electron chi connectivity index (χ4n) is 3.08. The molecule has 0 aliphatic carbocycles. The number of aryl methyl sites for hydroxylation is 1. The molecule has 2 aromatic carbocycles. The second-order valence-electron chi connectivity index (χ2n) is 6.76. The van der Waals surface area contributed by atoms with Gasteiger partial charge in [0.05, 0.1) is 5.39 Å². The fourth-order valence-corrected chi connectivity index (χ4v) is 3.08. The number of hydrogen-bond acceptors (Lipinski definition) is 4. The van der Waals surface area contributed by atoms with Gasteiger partial charge in [-0.15, -0.1) is 0 Å². The number of nitrogens with one attached hydrogen (secondary N) is 2. The predicted octanol–water partition coefficient (Wildman–Crippen LogP) is 3.05. The molecule has 29 heavy (non-hydrogen) atoms. The minimum Gasteiger partial charge on any atom is -0.267 e. The van der Waals surface area contributed by atoms with E-state index in [2.05, 4.69) is 22.9 Å². The maximum Gasteiger partial charge on any atom is 0.290 e. The molecular formula is C22H24N4O3. The van der Waals surface area contributed by atoms with E-state index in [1.54, 1.807) is 54.6 Å². The van der Waals surface area contributed by atoms with Gasteiger partial charge >= 0.3 is 0 Å². The normalized spacial score (nSPS) is 10.7. The van der Waals surface area contributed by atoms with E-state index in [1.807, 2.05) is 0 Å². The van der Waals surface area contributed by atoms with Crippen molar-refractivity contribution in [1.82, 2.24) is 20.6 Å². The van der Waals surface area contributed by atoms with Gasteiger partial charge in [0.1, 0.15) is 0 Å². The second-order valence-corrected chi connectivity index (χ2v) is 6.76. The van der Waals surface area contributed by atoms with Crippen LogP contribution in [0.5, 0.6) is 0 Å². The number of hydrazine groups is 1. The van der Waals surface area contributed by atoms with Crippen LogP contribution in [0, 0.1) is 0 Å². The molecule has 3 rings (SSSR count). The predicted molar refractivity (Wildman–Crippen MR) is 112 cm³/mol. The molecule has 1 aromatic heterocycles. The quantitative estimate of drug-likeness (QED) is 0.477. The number of nitrogens with zero attached hydrogens (tertiary/aromatic N) is 2. The summed E-state index contributed by atoms with van der Waals surface area (Å²) in [6.45, 7) is 2.56. The second kappa shape index (κ2) is 9.64. The molecule has 7 heteroatoms. The van der Waals surface area contributed by atoms with Crippen LogP contribution in [-0.2, 0) is 6.54 Å². The van der Waals surface area contributed by atoms with Crippen LogP contribution >= 0.6 is 0 Å². The van der Waals surface area contributed by atoms with Gasteiger partial charge in [-0.3, -0.25) is 25.2 Å². The molecule has 1 heterocycles. The highest BCUT2D eigenvalue weighted by molar-refractivity contribution is 6.06. The molecular weight excluding hydrogens is 368 g/mol. The van der Waals surface area contributed by atoms with Crippen molar-refractivity contribution in [2.75, 3.05) is 0 Å². The van der Waals surface area contributed by atoms with E-state index >= 15 is 0 Å². The Bertz CT molecular complexity index is 1060. The van der Waals surface area contributed by atoms with Crippen molar-refractivity contribution in [2.24, 2.45) is 0 Å². The van der Waals surface area contributed by atoms with Crippen molar-refractivity contribution in [1.29, 1.82) is 0 Å². The van der Waals surface area contributed by atoms with E-state index in [4.69, 9.17) is 0 Å². The summed E-state index contributed by atoms with van der Waals surface area (Å²) in [7, 11) is 0. The largest absolute Gasteiger partial charge is 0.290 e. The average molecular weight is 392 g/mol. The van der Waals surface area contributed by atoms with Crippen molar-refractivity contribution >= 4 is 22.6 Å². The highest BCUT2D eigenvalue weighted by Gasteiger charge is 2.17. The van der Waals surface area contributed by atoms with Crippen molar-refractivity contribution in [3.8, 4) is 0 Å². The molecule has 0 radical (unpaired) electrons. The Morgan fingerprint density at radius 1 is 0.862 bits per heavy atom. The highest BCUT2D eigenvalue weighted by atomic mass is 16.2. The lowest BCUT2D eigenvalue weighted by Crippen LogP contribution is -2.42. The Morgan fingerprint density at radius 2 is 1.52 bits per heavy atom. The van der Waals surface area contributed by atoms with Crippen molar-refractivity contribution in [2.45, 2.75) is 39.2 Å². The number of carbonyl (C=O) groups excluding carboxylic acids is 2. The van der Waals surface area contributed by atoms with Crippen molar-refractivity contribution < 1.29 is 9.59 Å². The number of rotatable bonds is 7. The molecule has 2 amide bonds. The molecule has 150 valence electrons. The van der Waals surface area contributed by atoms with Crippen LogP contribution < -0.4 is 16.4 Å². The molecule has 0 unspecified atom stereocenters. The topological polar surface area (TPSA) is 93.1 Å². The number of aromatic nitrogens is 2. The third-order valence-electron chi connectivity index (χ3n) is 4.63. The molecule has 0 aliphatic rings. The van der Waals surface area contributed by atoms with E-state index in [1.165, 1.54) is 4.68 Å². The summed E-state index contributed by atoms with van der Waals surface area (Å²) in [5, 5.41) is 5.17. The maximum atomic E-state index is 12.7. The van der Waals surface area contributed by atoms with E-state index in [0.717, 1.165) is 25.7 Å². The third-order valence-corrected chi connectivity index (χ3v) is 4.63. The van der Waals surface area contributed by atoms with Crippen molar-refractivity contribution in [3.05, 3.63) is 76.2 Å². The van der Waals surface area contributed by atoms with Crippen LogP contribution in [0.25, 0.3) is 10.8 Å². The summed E-state index contributed by atoms with van der Waals surface area (Å²) >= 11 is 0. The first-order valence-electron chi connectivity index (χ1n) is 9.77. The average Bonchev–Trinajstić information content (AvgIpc) is 2.77. The Balaban J connectivity index is 1.83. The van der Waals surface area contributed by atoms with Gasteiger partial charge in [0, 0.05) is 17.5 Å². The van der Waals surface area contributed by atoms with Gasteiger partial charge in [0.25, 0.3) is 17.4 Å². The molecule has 0 bridgehead atoms. The van der Waals surface area contributed by atoms with Gasteiger partial charge in [-0.1, -0.05) is 62.6 Å². The van der Waals surface area contributed by atoms with E-state index < -0.39 is 11.8 Å². The number of fused-ring (bicyclic) bond motifs is 1. The van der Waals surface area contributed by atoms with Crippen LogP contribution in [0.3, 0.4) is 0 Å². The number of unbranched alkanes of at least 4 members (excludes halogenated alkanes) is 3. The molecule has 0 saturated carbocycles. The minimum atomic E-state index is -0.576. The van der Waals surface area contributed by atoms with Crippen LogP contribution in [-0.4, -0.2) is 21.6 Å². The monoisotopic (exact) mass is 392 g/mol. The summed E-state index contributed by atoms with van der Waals surface area (Å²) in [5.41, 5.74) is 5.09. The maximum absolute atomic E-state index is 12.7. The number of amides is 2. The zero-order valence-electron chi connectivity index (χ0n) is 16.4. The summed E-state index contributed by atoms with van der Waals surface area (Å²) < 4.78 is 1.34. The van der Waals surface area contributed by atoms with Gasteiger partial charge in [-0.2, -0.15) is 5.10 Å². The first-order valence-corrected chi connectivity index (χ1v) is 9.77. The molecule has 0 fully saturated rings. The molecule has 7 nitrogen and oxygen atoms in total. The molecule has 0 spiro atoms. The van der Waals surface area contributed by atoms with Gasteiger partial charge in [-0.25, -0.2) is 4.68 Å². The summed E-state index contributed by atoms with van der Waals surface area (Å²) in [6.07, 6.45) is 3.98. The van der Waals surface area contributed by atoms with Crippen molar-refractivity contribution in [3.63, 3.8) is 0 Å². The molecule has 2 N–H and O–H groups in total. The van der Waals surface area contributed by atoms with Gasteiger partial charge in [-0.05, 0) is 24.6 Å². The van der Waals surface area contributed by atoms with E-state index in [9.17, 15) is 14.4 Å². The number of carbonyl (C=O) groups is 2. The highest BCUT2D eigenvalue weighted by Crippen LogP contribution is 2.13. The number of hydrogen-bond donors (Lipinski definition) is 2. The van der Waals surface area contributed by atoms with Crippen LogP contribution in [0.4, 0.5) is 0 Å². The Kier molecular flexibility index (Phi) is 6.73. The molecule has 0 aliphatic heterocycles. The van der Waals surface area contributed by atoms with Gasteiger partial charge in [0.2, 0.25) is 0 Å². The smallest absolute Gasteiger partial charge is 0.267 e. The standard InChI is InChI=1S/C22H24N4O3/c1-2-3-4-10-15-26-22(29)18-14-9-8-13-17(18)19(25-26)21(28)24-23-20(27)16-11-6-5-7-12-16/h5-9,11-14H,2-4,10,15H2,1H3,(H,23,27)(H,24,28). The van der Waals surface area contributed by atoms with Gasteiger partial charge < -0.3 is 0 Å². The molecule has 0 atom stereocenters. The lowest BCUT2D eigenvalue weighted by atomic mass is 10.1. The SMILES string of the molecule is CCCCCCn1nc(C(=O)NNC(=O)c2ccccc2)c2ccccc2c1=O. The first kappa shape index (κ1) is 20.3. The van der Waals surface area contributed by atoms with E-state index in [-0.39, 0.29) is 11.3 Å². The zero-order chi connectivity index (χ0) is 20.6. The lowest BCUT2D eigenvalue weighted by molar-refractivity contribution is 0.0843. The summed E-state index contributed by atoms with van der Waals surface area (Å²) in [6, 6.07) is 15.4. The molecule has 0 saturated heterocycles. The van der Waals surface area contributed by atoms with Gasteiger partial charge in [0.15, 0.2) is 5.69 Å². The summed E-state index contributed by atoms with van der Waals surface area (Å²) in [5.74, 6) is -1.01. The van der Waals surface area contributed by atoms with Crippen LogP contribution in [0.1, 0.15) is 53.5 Å². The minimum absolute atomic E-state index is 0.101. The zero-order valence-corrected chi connectivity index (χ0v) is 16.4. The number of benzene rings is 2. The van der Waals surface area contributed by atoms with Crippen LogP contribution in [0.15, 0.2) is 59.4 Å². The Hall–Kier alpha value is -3.48. The van der Waals surface area contributed by atoms with Crippen LogP contribution in [0.2, 0.25) is 0 Å². The summed E-state index contributed by atoms with van der Waals surface area (Å²) in [4.78, 5) is 37.6. The third kappa shape index (κ3) is 4.87. The molecule has 3 aromatic rings. The Labute approximate surface area is 168 Å². The fraction of sp³-hybridized carbons (Fsp3) is 0.273. The van der Waals surface area contributed by atoms with E-state index in [0.29, 0.717) is 22.9 Å².